The summed E-state index contributed by atoms with van der Waals surface area (Å²) in [6.45, 7) is 13.4. The molecule has 2 aromatic carbocycles. The lowest BCUT2D eigenvalue weighted by atomic mass is 9.83. The van der Waals surface area contributed by atoms with Crippen LogP contribution in [0.2, 0.25) is 0 Å². The summed E-state index contributed by atoms with van der Waals surface area (Å²) >= 11 is 8.97. The molecular formula is C54H90N8O7S13. The van der Waals surface area contributed by atoms with E-state index >= 15 is 0 Å². The highest BCUT2D eigenvalue weighted by molar-refractivity contribution is 8.00. The fraction of sp³-hybridized carbons (Fsp3) is 0.556. The highest BCUT2D eigenvalue weighted by atomic mass is 32.2. The molecule has 6 N–H and O–H groups in total. The average molecular weight is 1380 g/mol. The maximum absolute atomic E-state index is 14.4. The molecule has 4 aliphatic rings. The number of thioether (sulfide) groups is 2. The molecule has 0 radical (unpaired) electrons. The summed E-state index contributed by atoms with van der Waals surface area (Å²) in [6.07, 6.45) is 3.39. The van der Waals surface area contributed by atoms with Crippen LogP contribution in [-0.2, 0) is 33.6 Å². The highest BCUT2D eigenvalue weighted by Gasteiger charge is 2.56. The first-order valence-corrected chi connectivity index (χ1v) is 27.4. The molecule has 4 saturated heterocycles. The predicted molar refractivity (Wildman–Crippen MR) is 390 cm³/mol. The van der Waals surface area contributed by atoms with Crippen molar-refractivity contribution in [1.29, 1.82) is 0 Å². The summed E-state index contributed by atoms with van der Waals surface area (Å²) in [4.78, 5) is 102. The Hall–Kier alpha value is -1.90. The summed E-state index contributed by atoms with van der Waals surface area (Å²) < 4.78 is 0. The van der Waals surface area contributed by atoms with Gasteiger partial charge in [-0.2, -0.15) is 135 Å². The zero-order valence-electron chi connectivity index (χ0n) is 47.6. The van der Waals surface area contributed by atoms with Gasteiger partial charge in [0, 0.05) is 22.7 Å². The molecule has 466 valence electrons. The van der Waals surface area contributed by atoms with Crippen molar-refractivity contribution in [2.75, 3.05) is 31.6 Å². The van der Waals surface area contributed by atoms with Crippen LogP contribution in [0.15, 0.2) is 60.7 Å². The number of hydrogen-bond acceptors (Lipinski definition) is 11. The van der Waals surface area contributed by atoms with Gasteiger partial charge in [0.2, 0.25) is 41.4 Å². The Morgan fingerprint density at radius 3 is 1.44 bits per heavy atom. The molecule has 4 heterocycles. The number of amides is 7. The van der Waals surface area contributed by atoms with Gasteiger partial charge in [-0.1, -0.05) is 126 Å². The van der Waals surface area contributed by atoms with Crippen LogP contribution in [0, 0.1) is 46.3 Å². The fourth-order valence-electron chi connectivity index (χ4n) is 9.87. The lowest BCUT2D eigenvalue weighted by Crippen LogP contribution is -2.58. The van der Waals surface area contributed by atoms with Gasteiger partial charge in [0.1, 0.15) is 30.2 Å². The standard InChI is InChI=1S/C54H70N8O7S3.10H2S/c1-9-33(2)46(63)58-38-25-29-72-41-32-54(6,7)45(62(41)52(38)69)50(67)60-43(36-22-16-13-17-23-36)48(65)57-27-19-11-10-18-26-56-47(64)42(35-20-14-12-15-21-35)59-49(66)44-53(4,5)31-40-61(44)51(68)37(24-28-71-40)30-39(70)34(3)55-8;;;;;;;;;;/h12-17,20-23,33-34,37-38,40-45,55H,9,24-32H2,1-8H3,(H,56,64)(H,57,65)(H,58,63)(H,59,66)(H,60,67);10*1H2/t33-,34+,37-,38+,40+,41+,42+,43+,44-,45-;;;;;;;;;;/m1........../s1. The minimum absolute atomic E-state index is 0. The Bertz CT molecular complexity index is 2330. The first-order valence-electron chi connectivity index (χ1n) is 24.9. The second-order valence-corrected chi connectivity index (χ2v) is 23.5. The van der Waals surface area contributed by atoms with E-state index in [1.54, 1.807) is 87.9 Å². The van der Waals surface area contributed by atoms with Crippen LogP contribution in [0.3, 0.4) is 0 Å². The van der Waals surface area contributed by atoms with Crippen LogP contribution in [0.25, 0.3) is 0 Å². The van der Waals surface area contributed by atoms with Crippen molar-refractivity contribution in [3.05, 3.63) is 71.8 Å². The van der Waals surface area contributed by atoms with Crippen LogP contribution in [0.1, 0.15) is 110 Å². The van der Waals surface area contributed by atoms with E-state index in [-0.39, 0.29) is 194 Å². The minimum Gasteiger partial charge on any atom is -0.344 e. The number of thiocarbonyl (C=S) groups is 1. The first kappa shape index (κ1) is 88.9. The van der Waals surface area contributed by atoms with Crippen molar-refractivity contribution in [3.8, 4) is 23.7 Å². The van der Waals surface area contributed by atoms with Crippen molar-refractivity contribution in [2.45, 2.75) is 134 Å². The number of carbonyl (C=O) groups is 7. The Morgan fingerprint density at radius 2 is 1.04 bits per heavy atom. The van der Waals surface area contributed by atoms with Crippen LogP contribution in [0.5, 0.6) is 0 Å². The summed E-state index contributed by atoms with van der Waals surface area (Å²) in [5.41, 5.74) is -0.104. The largest absolute Gasteiger partial charge is 0.344 e. The molecule has 0 aliphatic carbocycles. The predicted octanol–water partition coefficient (Wildman–Crippen LogP) is 5.76. The summed E-state index contributed by atoms with van der Waals surface area (Å²) in [5.74, 6) is 9.34. The number of benzene rings is 2. The van der Waals surface area contributed by atoms with Gasteiger partial charge in [0.05, 0.1) is 23.8 Å². The van der Waals surface area contributed by atoms with Crippen molar-refractivity contribution < 1.29 is 33.6 Å². The van der Waals surface area contributed by atoms with Gasteiger partial charge in [-0.05, 0) is 97.8 Å². The van der Waals surface area contributed by atoms with E-state index in [0.29, 0.717) is 55.4 Å². The third-order valence-corrected chi connectivity index (χ3v) is 17.3. The normalized spacial score (nSPS) is 21.6. The van der Waals surface area contributed by atoms with E-state index in [2.05, 4.69) is 55.6 Å². The Balaban J connectivity index is -0.00000198. The van der Waals surface area contributed by atoms with Gasteiger partial charge in [-0.25, -0.2) is 0 Å². The molecule has 0 aromatic heterocycles. The molecule has 6 rings (SSSR count). The van der Waals surface area contributed by atoms with Crippen molar-refractivity contribution in [1.82, 2.24) is 41.7 Å². The summed E-state index contributed by atoms with van der Waals surface area (Å²) in [7, 11) is 1.84. The molecule has 0 spiro atoms. The smallest absolute Gasteiger partial charge is 0.247 e. The third-order valence-electron chi connectivity index (χ3n) is 14.2. The van der Waals surface area contributed by atoms with E-state index in [4.69, 9.17) is 12.2 Å². The monoisotopic (exact) mass is 1380 g/mol. The summed E-state index contributed by atoms with van der Waals surface area (Å²) in [6, 6.07) is 13.0. The first-order chi connectivity index (χ1) is 34.3. The maximum Gasteiger partial charge on any atom is 0.247 e. The van der Waals surface area contributed by atoms with Crippen LogP contribution < -0.4 is 31.9 Å². The van der Waals surface area contributed by atoms with E-state index < -0.39 is 64.7 Å². The number of nitrogens with zero attached hydrogens (tertiary/aromatic N) is 2. The molecule has 0 bridgehead atoms. The van der Waals surface area contributed by atoms with Gasteiger partial charge in [0.25, 0.3) is 0 Å². The topological polar surface area (TPSA) is 198 Å². The molecule has 4 aliphatic heterocycles. The fourth-order valence-corrected chi connectivity index (χ4v) is 13.4. The number of fused-ring (bicyclic) bond motifs is 2. The number of carbonyl (C=O) groups excluding carboxylic acids is 7. The lowest BCUT2D eigenvalue weighted by molar-refractivity contribution is -0.144. The minimum atomic E-state index is -1.11. The quantitative estimate of drug-likeness (QED) is 0.0832. The number of hydrogen-bond donors (Lipinski definition) is 6. The highest BCUT2D eigenvalue weighted by Crippen LogP contribution is 2.48. The Kier molecular flexibility index (Phi) is 44.7. The van der Waals surface area contributed by atoms with E-state index in [1.165, 1.54) is 0 Å². The van der Waals surface area contributed by atoms with Crippen LogP contribution >= 0.6 is 171 Å². The van der Waals surface area contributed by atoms with Crippen LogP contribution in [-0.4, -0.2) is 123 Å². The molecule has 28 heteroatoms. The van der Waals surface area contributed by atoms with Gasteiger partial charge < -0.3 is 41.7 Å². The van der Waals surface area contributed by atoms with Crippen molar-refractivity contribution >= 4 is 217 Å². The van der Waals surface area contributed by atoms with Crippen molar-refractivity contribution in [2.24, 2.45) is 22.7 Å². The lowest BCUT2D eigenvalue weighted by Gasteiger charge is -2.35. The molecule has 0 unspecified atom stereocenters. The molecular weight excluding hydrogens is 1290 g/mol. The SMILES string of the molecule is CC[C@@H](C)C(=O)N[C@H]1CCS[C@H]2CC(C)(C)[C@@H](C(=O)N[C@H](C(=O)NCC#CC#CCNC(=O)[C@@H](NC(=O)[C@H]3N4C(=O)[C@@H](CC(=S)[C@H](C)NC)CCS[C@H]4CC3(C)C)c3ccccc3)c3ccccc3)N2C1=O.S.S.S.S.S.S.S.S.S.S. The molecule has 4 fully saturated rings. The summed E-state index contributed by atoms with van der Waals surface area (Å²) in [5, 5.41) is 17.1. The molecule has 10 atom stereocenters. The van der Waals surface area contributed by atoms with Crippen LogP contribution in [0.4, 0.5) is 0 Å². The molecule has 7 amide bonds. The van der Waals surface area contributed by atoms with E-state index in [9.17, 15) is 33.6 Å². The second kappa shape index (κ2) is 41.3. The van der Waals surface area contributed by atoms with Gasteiger partial charge in [0.15, 0.2) is 0 Å². The van der Waals surface area contributed by atoms with Gasteiger partial charge in [-0.15, -0.1) is 23.5 Å². The van der Waals surface area contributed by atoms with E-state index in [0.717, 1.165) is 10.6 Å². The zero-order chi connectivity index (χ0) is 52.3. The average Bonchev–Trinajstić information content (AvgIpc) is 3.68. The van der Waals surface area contributed by atoms with E-state index in [1.807, 2.05) is 61.6 Å². The second-order valence-electron chi connectivity index (χ2n) is 20.4. The Labute approximate surface area is 570 Å². The molecule has 82 heavy (non-hydrogen) atoms. The van der Waals surface area contributed by atoms with Crippen molar-refractivity contribution in [3.63, 3.8) is 0 Å². The van der Waals surface area contributed by atoms with Gasteiger partial charge in [-0.3, -0.25) is 33.6 Å². The molecule has 15 nitrogen and oxygen atoms in total. The number of rotatable bonds is 17. The maximum atomic E-state index is 14.4. The molecule has 2 aromatic rings. The molecule has 0 saturated carbocycles. The van der Waals surface area contributed by atoms with Gasteiger partial charge >= 0.3 is 0 Å². The zero-order valence-corrected chi connectivity index (χ0v) is 60.0. The Morgan fingerprint density at radius 1 is 0.634 bits per heavy atom. The number of nitrogens with one attached hydrogen (secondary N) is 6. The third kappa shape index (κ3) is 22.7.